The summed E-state index contributed by atoms with van der Waals surface area (Å²) in [4.78, 5) is 10.3. The highest BCUT2D eigenvalue weighted by atomic mass is 19.1. The van der Waals surface area contributed by atoms with Gasteiger partial charge in [-0.2, -0.15) is 0 Å². The van der Waals surface area contributed by atoms with Crippen molar-refractivity contribution >= 4 is 6.16 Å². The molecule has 0 saturated carbocycles. The van der Waals surface area contributed by atoms with E-state index in [0.29, 0.717) is 0 Å². The van der Waals surface area contributed by atoms with E-state index >= 15 is 0 Å². The van der Waals surface area contributed by atoms with Crippen LogP contribution in [0.2, 0.25) is 0 Å². The summed E-state index contributed by atoms with van der Waals surface area (Å²) in [6.45, 7) is 4.41. The summed E-state index contributed by atoms with van der Waals surface area (Å²) in [6.07, 6.45) is -1.28. The number of carbonyl (C=O) groups is 1. The molecule has 1 atom stereocenters. The monoisotopic (exact) mass is 148 g/mol. The molecule has 0 N–H and O–H groups in total. The zero-order chi connectivity index (χ0) is 7.98. The van der Waals surface area contributed by atoms with Gasteiger partial charge < -0.3 is 9.47 Å². The van der Waals surface area contributed by atoms with E-state index in [9.17, 15) is 9.18 Å². The molecular weight excluding hydrogens is 139 g/mol. The van der Waals surface area contributed by atoms with Crippen molar-refractivity contribution in [2.45, 2.75) is 13.3 Å². The molecule has 0 aliphatic heterocycles. The van der Waals surface area contributed by atoms with E-state index in [4.69, 9.17) is 0 Å². The largest absolute Gasteiger partial charge is 0.511 e. The van der Waals surface area contributed by atoms with Gasteiger partial charge in [0.25, 0.3) is 0 Å². The van der Waals surface area contributed by atoms with Crippen LogP contribution >= 0.6 is 0 Å². The molecule has 0 amide bonds. The molecule has 4 heteroatoms. The first-order valence-electron chi connectivity index (χ1n) is 2.75. The van der Waals surface area contributed by atoms with Crippen LogP contribution in [0, 0.1) is 0 Å². The van der Waals surface area contributed by atoms with Crippen molar-refractivity contribution in [1.29, 1.82) is 0 Å². The Morgan fingerprint density at radius 1 is 1.90 bits per heavy atom. The summed E-state index contributed by atoms with van der Waals surface area (Å²) >= 11 is 0. The molecule has 0 fully saturated rings. The highest BCUT2D eigenvalue weighted by Crippen LogP contribution is 1.94. The number of rotatable bonds is 3. The van der Waals surface area contributed by atoms with Gasteiger partial charge in [-0.05, 0) is 0 Å². The van der Waals surface area contributed by atoms with Gasteiger partial charge in [-0.25, -0.2) is 9.18 Å². The average Bonchev–Trinajstić information content (AvgIpc) is 1.82. The van der Waals surface area contributed by atoms with E-state index in [1.54, 1.807) is 0 Å². The highest BCUT2D eigenvalue weighted by Gasteiger charge is 2.06. The van der Waals surface area contributed by atoms with Crippen molar-refractivity contribution < 1.29 is 18.7 Å². The van der Waals surface area contributed by atoms with Crippen molar-refractivity contribution in [2.24, 2.45) is 0 Å². The summed E-state index contributed by atoms with van der Waals surface area (Å²) in [6, 6.07) is 0. The van der Waals surface area contributed by atoms with Crippen LogP contribution in [0.5, 0.6) is 0 Å². The third-order valence-corrected chi connectivity index (χ3v) is 0.578. The fourth-order valence-corrected chi connectivity index (χ4v) is 0.294. The third kappa shape index (κ3) is 5.08. The van der Waals surface area contributed by atoms with Crippen LogP contribution in [0.3, 0.4) is 0 Å². The van der Waals surface area contributed by atoms with Crippen molar-refractivity contribution in [3.8, 4) is 0 Å². The van der Waals surface area contributed by atoms with E-state index in [1.165, 1.54) is 6.08 Å². The molecule has 0 aliphatic carbocycles. The van der Waals surface area contributed by atoms with Gasteiger partial charge in [0.2, 0.25) is 6.36 Å². The van der Waals surface area contributed by atoms with Gasteiger partial charge in [-0.15, -0.1) is 0 Å². The molecule has 3 nitrogen and oxygen atoms in total. The van der Waals surface area contributed by atoms with Crippen LogP contribution in [0.4, 0.5) is 9.18 Å². The van der Waals surface area contributed by atoms with E-state index in [2.05, 4.69) is 16.1 Å². The maximum absolute atomic E-state index is 11.8. The molecule has 0 heterocycles. The molecule has 10 heavy (non-hydrogen) atoms. The fourth-order valence-electron chi connectivity index (χ4n) is 0.294. The van der Waals surface area contributed by atoms with Crippen molar-refractivity contribution in [1.82, 2.24) is 0 Å². The van der Waals surface area contributed by atoms with Crippen LogP contribution in [0.1, 0.15) is 6.92 Å². The number of halogens is 1. The minimum Gasteiger partial charge on any atom is -0.430 e. The molecule has 0 aromatic carbocycles. The van der Waals surface area contributed by atoms with Crippen molar-refractivity contribution in [3.63, 3.8) is 0 Å². The molecule has 58 valence electrons. The summed E-state index contributed by atoms with van der Waals surface area (Å²) < 4.78 is 20.1. The van der Waals surface area contributed by atoms with Crippen molar-refractivity contribution in [3.05, 3.63) is 12.7 Å². The van der Waals surface area contributed by atoms with Crippen LogP contribution < -0.4 is 0 Å². The third-order valence-electron chi connectivity index (χ3n) is 0.578. The summed E-state index contributed by atoms with van der Waals surface area (Å²) in [5.41, 5.74) is 0. The Kier molecular flexibility index (Phi) is 4.28. The molecule has 0 aromatic heterocycles. The second-order valence-corrected chi connectivity index (χ2v) is 1.51. The quantitative estimate of drug-likeness (QED) is 0.450. The highest BCUT2D eigenvalue weighted by molar-refractivity contribution is 5.59. The second-order valence-electron chi connectivity index (χ2n) is 1.51. The van der Waals surface area contributed by atoms with Gasteiger partial charge in [0, 0.05) is 6.92 Å². The lowest BCUT2D eigenvalue weighted by atomic mass is 10.7. The fraction of sp³-hybridized carbons (Fsp3) is 0.500. The van der Waals surface area contributed by atoms with Gasteiger partial charge in [-0.3, -0.25) is 0 Å². The standard InChI is InChI=1S/C6H9FO3/c1-3-4-9-6(8)10-5(2)7/h3,5H,1,4H2,2H3. The molecule has 0 aliphatic rings. The molecular formula is C6H9FO3. The molecule has 1 unspecified atom stereocenters. The van der Waals surface area contributed by atoms with E-state index in [-0.39, 0.29) is 6.61 Å². The molecule has 0 bridgehead atoms. The molecule has 0 spiro atoms. The minimum atomic E-state index is -1.63. The lowest BCUT2D eigenvalue weighted by Gasteiger charge is -2.03. The first-order chi connectivity index (χ1) is 4.66. The summed E-state index contributed by atoms with van der Waals surface area (Å²) in [7, 11) is 0. The summed E-state index contributed by atoms with van der Waals surface area (Å²) in [5.74, 6) is 0. The van der Waals surface area contributed by atoms with E-state index in [0.717, 1.165) is 6.92 Å². The zero-order valence-corrected chi connectivity index (χ0v) is 5.67. The normalized spacial score (nSPS) is 11.8. The average molecular weight is 148 g/mol. The maximum Gasteiger partial charge on any atom is 0.511 e. The number of carbonyl (C=O) groups excluding carboxylic acids is 1. The molecule has 0 rings (SSSR count). The SMILES string of the molecule is C=CCOC(=O)OC(C)F. The first kappa shape index (κ1) is 8.94. The van der Waals surface area contributed by atoms with E-state index < -0.39 is 12.5 Å². The Morgan fingerprint density at radius 2 is 2.50 bits per heavy atom. The maximum atomic E-state index is 11.8. The van der Waals surface area contributed by atoms with Crippen molar-refractivity contribution in [2.75, 3.05) is 6.61 Å². The summed E-state index contributed by atoms with van der Waals surface area (Å²) in [5, 5.41) is 0. The van der Waals surface area contributed by atoms with Crippen LogP contribution in [0.25, 0.3) is 0 Å². The Hall–Kier alpha value is -1.06. The zero-order valence-electron chi connectivity index (χ0n) is 5.67. The number of alkyl halides is 1. The van der Waals surface area contributed by atoms with Gasteiger partial charge in [0.15, 0.2) is 0 Å². The van der Waals surface area contributed by atoms with Crippen LogP contribution in [-0.4, -0.2) is 19.1 Å². The van der Waals surface area contributed by atoms with Gasteiger partial charge in [-0.1, -0.05) is 12.7 Å². The predicted octanol–water partition coefficient (Wildman–Crippen LogP) is 1.64. The second kappa shape index (κ2) is 4.78. The van der Waals surface area contributed by atoms with Crippen LogP contribution in [-0.2, 0) is 9.47 Å². The van der Waals surface area contributed by atoms with Gasteiger partial charge in [0.05, 0.1) is 0 Å². The molecule has 0 aromatic rings. The van der Waals surface area contributed by atoms with E-state index in [1.807, 2.05) is 0 Å². The minimum absolute atomic E-state index is 0.0333. The Balaban J connectivity index is 3.34. The number of hydrogen-bond acceptors (Lipinski definition) is 3. The predicted molar refractivity (Wildman–Crippen MR) is 33.2 cm³/mol. The Bertz CT molecular complexity index is 122. The van der Waals surface area contributed by atoms with Crippen LogP contribution in [0.15, 0.2) is 12.7 Å². The first-order valence-corrected chi connectivity index (χ1v) is 2.75. The number of ether oxygens (including phenoxy) is 2. The van der Waals surface area contributed by atoms with Gasteiger partial charge >= 0.3 is 6.16 Å². The lowest BCUT2D eigenvalue weighted by molar-refractivity contribution is -0.0170. The molecule has 0 radical (unpaired) electrons. The lowest BCUT2D eigenvalue weighted by Crippen LogP contribution is -2.11. The van der Waals surface area contributed by atoms with Gasteiger partial charge in [0.1, 0.15) is 6.61 Å². The number of hydrogen-bond donors (Lipinski definition) is 0. The Labute approximate surface area is 58.4 Å². The topological polar surface area (TPSA) is 35.5 Å². The Morgan fingerprint density at radius 3 is 2.90 bits per heavy atom. The smallest absolute Gasteiger partial charge is 0.430 e. The molecule has 0 saturated heterocycles.